The second-order valence-electron chi connectivity index (χ2n) is 4.23. The molecule has 21 heavy (non-hydrogen) atoms. The van der Waals surface area contributed by atoms with Gasteiger partial charge < -0.3 is 20.4 Å². The fourth-order valence-electron chi connectivity index (χ4n) is 1.69. The molecule has 0 aliphatic rings. The van der Waals surface area contributed by atoms with E-state index in [1.807, 2.05) is 0 Å². The van der Waals surface area contributed by atoms with Crippen LogP contribution in [0.5, 0.6) is 0 Å². The van der Waals surface area contributed by atoms with Gasteiger partial charge in [-0.1, -0.05) is 0 Å². The van der Waals surface area contributed by atoms with Gasteiger partial charge >= 0.3 is 17.9 Å². The predicted molar refractivity (Wildman–Crippen MR) is 65.3 cm³/mol. The summed E-state index contributed by atoms with van der Waals surface area (Å²) in [7, 11) is -5.32. The van der Waals surface area contributed by atoms with Gasteiger partial charge in [-0.3, -0.25) is 23.8 Å². The van der Waals surface area contributed by atoms with Crippen molar-refractivity contribution in [1.29, 1.82) is 0 Å². The molecule has 0 aromatic carbocycles. The van der Waals surface area contributed by atoms with E-state index in [-0.39, 0.29) is 0 Å². The van der Waals surface area contributed by atoms with Crippen molar-refractivity contribution >= 4 is 28.0 Å². The minimum atomic E-state index is -5.32. The SMILES string of the molecule is CC(O)CN(CC(=O)O)[C@H](C(=O)O)C(C(=O)O)S(=O)(=O)O. The molecule has 0 amide bonds. The fourth-order valence-corrected chi connectivity index (χ4v) is 2.56. The first-order valence-electron chi connectivity index (χ1n) is 5.43. The number of hydrogen-bond donors (Lipinski definition) is 5. The molecule has 0 heterocycles. The molecule has 0 radical (unpaired) electrons. The van der Waals surface area contributed by atoms with Crippen LogP contribution in [0.25, 0.3) is 0 Å². The Bertz CT molecular complexity index is 513. The van der Waals surface area contributed by atoms with Crippen molar-refractivity contribution in [3.8, 4) is 0 Å². The number of aliphatic carboxylic acids is 3. The largest absolute Gasteiger partial charge is 0.480 e. The van der Waals surface area contributed by atoms with E-state index in [9.17, 15) is 27.9 Å². The molecule has 0 aliphatic heterocycles. The van der Waals surface area contributed by atoms with Gasteiger partial charge in [-0.15, -0.1) is 0 Å². The predicted octanol–water partition coefficient (Wildman–Crippen LogP) is -2.45. The Morgan fingerprint density at radius 3 is 1.81 bits per heavy atom. The van der Waals surface area contributed by atoms with E-state index in [0.29, 0.717) is 4.90 Å². The average molecular weight is 329 g/mol. The zero-order valence-electron chi connectivity index (χ0n) is 10.8. The van der Waals surface area contributed by atoms with Gasteiger partial charge in [0.15, 0.2) is 0 Å². The summed E-state index contributed by atoms with van der Waals surface area (Å²) in [6, 6.07) is -2.39. The lowest BCUT2D eigenvalue weighted by Gasteiger charge is -2.30. The number of aliphatic hydroxyl groups excluding tert-OH is 1. The zero-order valence-corrected chi connectivity index (χ0v) is 11.6. The molecule has 0 aliphatic carbocycles. The summed E-state index contributed by atoms with van der Waals surface area (Å²) in [5.41, 5.74) is 0. The van der Waals surface area contributed by atoms with E-state index in [1.54, 1.807) is 0 Å². The molecule has 5 N–H and O–H groups in total. The summed E-state index contributed by atoms with van der Waals surface area (Å²) in [5, 5.41) is 32.9. The normalized spacial score (nSPS) is 16.2. The molecule has 122 valence electrons. The van der Waals surface area contributed by atoms with Gasteiger partial charge in [-0.2, -0.15) is 8.42 Å². The molecular formula is C9H15NO10S. The average Bonchev–Trinajstić information content (AvgIpc) is 2.20. The highest BCUT2D eigenvalue weighted by molar-refractivity contribution is 7.87. The molecule has 3 atom stereocenters. The molecule has 0 bridgehead atoms. The second-order valence-corrected chi connectivity index (χ2v) is 5.77. The van der Waals surface area contributed by atoms with Crippen molar-refractivity contribution in [2.75, 3.05) is 13.1 Å². The van der Waals surface area contributed by atoms with Crippen molar-refractivity contribution in [3.63, 3.8) is 0 Å². The van der Waals surface area contributed by atoms with Gasteiger partial charge in [0, 0.05) is 6.54 Å². The molecule has 12 heteroatoms. The van der Waals surface area contributed by atoms with Crippen molar-refractivity contribution < 1.29 is 47.8 Å². The van der Waals surface area contributed by atoms with E-state index in [4.69, 9.17) is 19.9 Å². The summed E-state index contributed by atoms with van der Waals surface area (Å²) in [6.45, 7) is -0.499. The Morgan fingerprint density at radius 2 is 1.57 bits per heavy atom. The summed E-state index contributed by atoms with van der Waals surface area (Å²) in [5.74, 6) is -5.70. The molecule has 0 saturated carbocycles. The van der Waals surface area contributed by atoms with Gasteiger partial charge in [0.1, 0.15) is 6.04 Å². The molecule has 11 nitrogen and oxygen atoms in total. The summed E-state index contributed by atoms with van der Waals surface area (Å²) in [6.07, 6.45) is -1.26. The molecule has 0 rings (SSSR count). The van der Waals surface area contributed by atoms with Crippen LogP contribution in [0, 0.1) is 0 Å². The van der Waals surface area contributed by atoms with Crippen LogP contribution in [-0.2, 0) is 24.5 Å². The van der Waals surface area contributed by atoms with E-state index in [2.05, 4.69) is 0 Å². The first-order chi connectivity index (χ1) is 9.37. The summed E-state index contributed by atoms with van der Waals surface area (Å²) in [4.78, 5) is 33.2. The van der Waals surface area contributed by atoms with Crippen molar-refractivity contribution in [1.82, 2.24) is 4.90 Å². The number of carboxylic acid groups (broad SMARTS) is 3. The minimum Gasteiger partial charge on any atom is -0.480 e. The monoisotopic (exact) mass is 329 g/mol. The summed E-state index contributed by atoms with van der Waals surface area (Å²) >= 11 is 0. The van der Waals surface area contributed by atoms with Crippen LogP contribution in [0.4, 0.5) is 0 Å². The number of nitrogens with zero attached hydrogens (tertiary/aromatic N) is 1. The third kappa shape index (κ3) is 6.03. The van der Waals surface area contributed by atoms with Crippen LogP contribution in [0.1, 0.15) is 6.92 Å². The third-order valence-electron chi connectivity index (χ3n) is 2.33. The van der Waals surface area contributed by atoms with Gasteiger partial charge in [-0.05, 0) is 6.92 Å². The molecule has 2 unspecified atom stereocenters. The smallest absolute Gasteiger partial charge is 0.326 e. The fraction of sp³-hybridized carbons (Fsp3) is 0.667. The van der Waals surface area contributed by atoms with Crippen molar-refractivity contribution in [3.05, 3.63) is 0 Å². The van der Waals surface area contributed by atoms with Crippen LogP contribution in [-0.4, -0.2) is 86.7 Å². The van der Waals surface area contributed by atoms with Crippen LogP contribution in [0.15, 0.2) is 0 Å². The number of carbonyl (C=O) groups is 3. The number of rotatable bonds is 9. The molecule has 0 spiro atoms. The zero-order chi connectivity index (χ0) is 17.0. The van der Waals surface area contributed by atoms with Gasteiger partial charge in [0.2, 0.25) is 5.25 Å². The van der Waals surface area contributed by atoms with Crippen LogP contribution in [0.3, 0.4) is 0 Å². The van der Waals surface area contributed by atoms with Gasteiger partial charge in [-0.25, -0.2) is 0 Å². The van der Waals surface area contributed by atoms with E-state index < -0.39 is 58.5 Å². The maximum Gasteiger partial charge on any atom is 0.326 e. The Labute approximate surface area is 119 Å². The first kappa shape index (κ1) is 19.2. The van der Waals surface area contributed by atoms with Crippen LogP contribution in [0.2, 0.25) is 0 Å². The minimum absolute atomic E-state index is 0.432. The quantitative estimate of drug-likeness (QED) is 0.282. The van der Waals surface area contributed by atoms with E-state index >= 15 is 0 Å². The highest BCUT2D eigenvalue weighted by atomic mass is 32.2. The standard InChI is InChI=1S/C9H15NO10S/c1-4(11)2-10(3-5(12)13)6(8(14)15)7(9(16)17)21(18,19)20/h4,6-7,11H,2-3H2,1H3,(H,12,13)(H,14,15)(H,16,17)(H,18,19,20)/t4?,6-,7?/m0/s1. The van der Waals surface area contributed by atoms with E-state index in [0.717, 1.165) is 6.92 Å². The van der Waals surface area contributed by atoms with Crippen LogP contribution < -0.4 is 0 Å². The summed E-state index contributed by atoms with van der Waals surface area (Å²) < 4.78 is 31.0. The Hall–Kier alpha value is -1.76. The van der Waals surface area contributed by atoms with E-state index in [1.165, 1.54) is 0 Å². The lowest BCUT2D eigenvalue weighted by Crippen LogP contribution is -2.57. The topological polar surface area (TPSA) is 190 Å². The van der Waals surface area contributed by atoms with Crippen molar-refractivity contribution in [2.45, 2.75) is 24.3 Å². The van der Waals surface area contributed by atoms with Crippen molar-refractivity contribution in [2.24, 2.45) is 0 Å². The highest BCUT2D eigenvalue weighted by Gasteiger charge is 2.47. The first-order valence-corrected chi connectivity index (χ1v) is 6.94. The Balaban J connectivity index is 5.83. The lowest BCUT2D eigenvalue weighted by molar-refractivity contribution is -0.152. The molecule has 0 saturated heterocycles. The molecule has 0 fully saturated rings. The number of hydrogen-bond acceptors (Lipinski definition) is 7. The molecular weight excluding hydrogens is 314 g/mol. The Morgan fingerprint density at radius 1 is 1.10 bits per heavy atom. The highest BCUT2D eigenvalue weighted by Crippen LogP contribution is 2.14. The molecule has 0 aromatic heterocycles. The van der Waals surface area contributed by atoms with Crippen LogP contribution >= 0.6 is 0 Å². The maximum absolute atomic E-state index is 11.1. The van der Waals surface area contributed by atoms with Gasteiger partial charge in [0.25, 0.3) is 10.1 Å². The number of carboxylic acids is 3. The van der Waals surface area contributed by atoms with Gasteiger partial charge in [0.05, 0.1) is 12.6 Å². The number of aliphatic hydroxyl groups is 1. The Kier molecular flexibility index (Phi) is 6.69. The second kappa shape index (κ2) is 7.31. The molecule has 0 aromatic rings. The maximum atomic E-state index is 11.1. The third-order valence-corrected chi connectivity index (χ3v) is 3.44. The lowest BCUT2D eigenvalue weighted by atomic mass is 10.1.